The Hall–Kier alpha value is -1.55. The summed E-state index contributed by atoms with van der Waals surface area (Å²) in [5.74, 6) is 0.808. The lowest BCUT2D eigenvalue weighted by molar-refractivity contribution is -0.114. The predicted molar refractivity (Wildman–Crippen MR) is 67.3 cm³/mol. The van der Waals surface area contributed by atoms with Crippen molar-refractivity contribution >= 4 is 11.6 Å². The van der Waals surface area contributed by atoms with Crippen molar-refractivity contribution < 1.29 is 9.53 Å². The van der Waals surface area contributed by atoms with Crippen LogP contribution in [-0.2, 0) is 4.79 Å². The van der Waals surface area contributed by atoms with Crippen molar-refractivity contribution in [3.63, 3.8) is 0 Å². The van der Waals surface area contributed by atoms with Crippen LogP contribution >= 0.6 is 0 Å². The van der Waals surface area contributed by atoms with Crippen molar-refractivity contribution in [1.29, 1.82) is 0 Å². The summed E-state index contributed by atoms with van der Waals surface area (Å²) in [5, 5.41) is 6.03. The molecule has 0 radical (unpaired) electrons. The molecule has 2 rings (SSSR count). The van der Waals surface area contributed by atoms with E-state index >= 15 is 0 Å². The summed E-state index contributed by atoms with van der Waals surface area (Å²) in [7, 11) is 0. The minimum absolute atomic E-state index is 0.0583. The lowest BCUT2D eigenvalue weighted by Crippen LogP contribution is -2.34. The highest BCUT2D eigenvalue weighted by Gasteiger charge is 2.14. The zero-order valence-corrected chi connectivity index (χ0v) is 10.0. The number of hydrogen-bond acceptors (Lipinski definition) is 3. The highest BCUT2D eigenvalue weighted by atomic mass is 16.5. The fraction of sp³-hybridized carbons (Fsp3) is 0.462. The molecule has 1 heterocycles. The normalized spacial score (nSPS) is 16.5. The molecular weight excluding hydrogens is 216 g/mol. The van der Waals surface area contributed by atoms with E-state index in [1.54, 1.807) is 0 Å². The second-order valence-electron chi connectivity index (χ2n) is 4.27. The quantitative estimate of drug-likeness (QED) is 0.838. The van der Waals surface area contributed by atoms with Gasteiger partial charge < -0.3 is 15.4 Å². The highest BCUT2D eigenvalue weighted by molar-refractivity contribution is 5.88. The van der Waals surface area contributed by atoms with Crippen LogP contribution in [0.15, 0.2) is 24.3 Å². The Morgan fingerprint density at radius 1 is 1.29 bits per heavy atom. The number of benzene rings is 1. The molecule has 4 heteroatoms. The first-order valence-electron chi connectivity index (χ1n) is 5.99. The number of carbonyl (C=O) groups excluding carboxylic acids is 1. The summed E-state index contributed by atoms with van der Waals surface area (Å²) < 4.78 is 5.86. The number of amides is 1. The lowest BCUT2D eigenvalue weighted by Gasteiger charge is -2.23. The fourth-order valence-corrected chi connectivity index (χ4v) is 1.93. The molecule has 17 heavy (non-hydrogen) atoms. The van der Waals surface area contributed by atoms with Crippen molar-refractivity contribution in [3.05, 3.63) is 24.3 Å². The molecule has 0 aromatic heterocycles. The van der Waals surface area contributed by atoms with Gasteiger partial charge in [0.1, 0.15) is 11.9 Å². The molecule has 1 aliphatic heterocycles. The molecular formula is C13H18N2O2. The number of ether oxygens (including phenoxy) is 1. The van der Waals surface area contributed by atoms with Crippen LogP contribution in [0.1, 0.15) is 19.8 Å². The number of carbonyl (C=O) groups is 1. The maximum absolute atomic E-state index is 10.9. The molecule has 1 aliphatic rings. The van der Waals surface area contributed by atoms with E-state index in [-0.39, 0.29) is 5.91 Å². The van der Waals surface area contributed by atoms with E-state index in [4.69, 9.17) is 4.74 Å². The van der Waals surface area contributed by atoms with Gasteiger partial charge in [0.25, 0.3) is 0 Å². The predicted octanol–water partition coefficient (Wildman–Crippen LogP) is 1.78. The molecule has 1 amide bonds. The minimum Gasteiger partial charge on any atom is -0.490 e. The van der Waals surface area contributed by atoms with Crippen LogP contribution in [0.5, 0.6) is 5.75 Å². The van der Waals surface area contributed by atoms with Gasteiger partial charge >= 0.3 is 0 Å². The second-order valence-corrected chi connectivity index (χ2v) is 4.27. The third-order valence-electron chi connectivity index (χ3n) is 2.76. The van der Waals surface area contributed by atoms with Gasteiger partial charge in [0.05, 0.1) is 0 Å². The van der Waals surface area contributed by atoms with Crippen molar-refractivity contribution in [2.75, 3.05) is 18.4 Å². The van der Waals surface area contributed by atoms with Gasteiger partial charge in [0.15, 0.2) is 0 Å². The van der Waals surface area contributed by atoms with E-state index < -0.39 is 0 Å². The summed E-state index contributed by atoms with van der Waals surface area (Å²) in [6.45, 7) is 3.54. The Balaban J connectivity index is 1.90. The summed E-state index contributed by atoms with van der Waals surface area (Å²) in [6, 6.07) is 7.51. The van der Waals surface area contributed by atoms with Gasteiger partial charge in [-0.05, 0) is 50.2 Å². The van der Waals surface area contributed by atoms with E-state index in [0.29, 0.717) is 6.10 Å². The topological polar surface area (TPSA) is 50.4 Å². The maximum atomic E-state index is 10.9. The number of hydrogen-bond donors (Lipinski definition) is 2. The largest absolute Gasteiger partial charge is 0.490 e. The Bertz CT molecular complexity index is 370. The second kappa shape index (κ2) is 5.68. The molecule has 1 aromatic carbocycles. The lowest BCUT2D eigenvalue weighted by atomic mass is 10.1. The van der Waals surface area contributed by atoms with E-state index in [1.165, 1.54) is 6.92 Å². The standard InChI is InChI=1S/C13H18N2O2/c1-10(16)15-11-2-4-12(5-3-11)17-13-6-8-14-9-7-13/h2-5,13-14H,6-9H2,1H3,(H,15,16). The first-order valence-corrected chi connectivity index (χ1v) is 5.99. The minimum atomic E-state index is -0.0583. The monoisotopic (exact) mass is 234 g/mol. The van der Waals surface area contributed by atoms with Gasteiger partial charge in [-0.2, -0.15) is 0 Å². The molecule has 4 nitrogen and oxygen atoms in total. The molecule has 1 saturated heterocycles. The van der Waals surface area contributed by atoms with Crippen LogP contribution in [0.25, 0.3) is 0 Å². The summed E-state index contributed by atoms with van der Waals surface area (Å²) >= 11 is 0. The van der Waals surface area contributed by atoms with Crippen LogP contribution in [0.2, 0.25) is 0 Å². The van der Waals surface area contributed by atoms with Crippen molar-refractivity contribution in [2.24, 2.45) is 0 Å². The molecule has 0 aliphatic carbocycles. The third kappa shape index (κ3) is 3.75. The SMILES string of the molecule is CC(=O)Nc1ccc(OC2CCNCC2)cc1. The van der Waals surface area contributed by atoms with Gasteiger partial charge in [-0.25, -0.2) is 0 Å². The van der Waals surface area contributed by atoms with Crippen LogP contribution in [0, 0.1) is 0 Å². The molecule has 92 valence electrons. The highest BCUT2D eigenvalue weighted by Crippen LogP contribution is 2.19. The van der Waals surface area contributed by atoms with E-state index in [1.807, 2.05) is 24.3 Å². The van der Waals surface area contributed by atoms with Gasteiger partial charge in [-0.1, -0.05) is 0 Å². The maximum Gasteiger partial charge on any atom is 0.221 e. The van der Waals surface area contributed by atoms with Crippen LogP contribution in [0.4, 0.5) is 5.69 Å². The van der Waals surface area contributed by atoms with Crippen molar-refractivity contribution in [2.45, 2.75) is 25.9 Å². The van der Waals surface area contributed by atoms with Gasteiger partial charge in [0, 0.05) is 12.6 Å². The zero-order valence-electron chi connectivity index (χ0n) is 10.0. The molecule has 2 N–H and O–H groups in total. The average Bonchev–Trinajstić information content (AvgIpc) is 2.32. The first kappa shape index (κ1) is 11.9. The van der Waals surface area contributed by atoms with Gasteiger partial charge in [-0.3, -0.25) is 4.79 Å². The Kier molecular flexibility index (Phi) is 3.98. The number of rotatable bonds is 3. The Labute approximate surface area is 101 Å². The molecule has 0 saturated carbocycles. The van der Waals surface area contributed by atoms with Crippen LogP contribution in [0.3, 0.4) is 0 Å². The molecule has 1 fully saturated rings. The first-order chi connectivity index (χ1) is 8.24. The van der Waals surface area contributed by atoms with E-state index in [0.717, 1.165) is 37.4 Å². The Morgan fingerprint density at radius 2 is 1.94 bits per heavy atom. The number of anilines is 1. The van der Waals surface area contributed by atoms with Gasteiger partial charge in [-0.15, -0.1) is 0 Å². The molecule has 1 aromatic rings. The summed E-state index contributed by atoms with van der Waals surface area (Å²) in [6.07, 6.45) is 2.41. The molecule has 0 unspecified atom stereocenters. The number of piperidine rings is 1. The molecule has 0 atom stereocenters. The van der Waals surface area contributed by atoms with E-state index in [9.17, 15) is 4.79 Å². The van der Waals surface area contributed by atoms with Crippen molar-refractivity contribution in [3.8, 4) is 5.75 Å². The summed E-state index contributed by atoms with van der Waals surface area (Å²) in [5.41, 5.74) is 0.801. The average molecular weight is 234 g/mol. The van der Waals surface area contributed by atoms with Crippen LogP contribution in [-0.4, -0.2) is 25.1 Å². The summed E-state index contributed by atoms with van der Waals surface area (Å²) in [4.78, 5) is 10.9. The zero-order chi connectivity index (χ0) is 12.1. The number of nitrogens with one attached hydrogen (secondary N) is 2. The Morgan fingerprint density at radius 3 is 2.53 bits per heavy atom. The van der Waals surface area contributed by atoms with E-state index in [2.05, 4.69) is 10.6 Å². The van der Waals surface area contributed by atoms with Crippen LogP contribution < -0.4 is 15.4 Å². The van der Waals surface area contributed by atoms with Crippen molar-refractivity contribution in [1.82, 2.24) is 5.32 Å². The smallest absolute Gasteiger partial charge is 0.221 e. The molecule has 0 spiro atoms. The van der Waals surface area contributed by atoms with Gasteiger partial charge in [0.2, 0.25) is 5.91 Å². The molecule has 0 bridgehead atoms. The fourth-order valence-electron chi connectivity index (χ4n) is 1.93. The third-order valence-corrected chi connectivity index (χ3v) is 2.76.